The number of imide groups is 1. The SMILES string of the molecule is CC[C@@H]1C(=O)N(C)c2cnc(Nc3ccc(C(=O)N[C@H]4CC[C@@H](NC5CCN(CCC#Cc6cccc7c6CN(C6CCC(=O)NC6=O)C7=O)CC5)CC4)cc3OC)nc2N1C1CCCC1. The molecule has 1 aromatic heterocycles. The topological polar surface area (TPSA) is 181 Å². The third kappa shape index (κ3) is 9.46. The Morgan fingerprint density at radius 1 is 0.939 bits per heavy atom. The van der Waals surface area contributed by atoms with Crippen LogP contribution in [0.2, 0.25) is 0 Å². The molecule has 0 bridgehead atoms. The van der Waals surface area contributed by atoms with Gasteiger partial charge in [0.05, 0.1) is 19.0 Å². The highest BCUT2D eigenvalue weighted by atomic mass is 16.5. The van der Waals surface area contributed by atoms with Crippen molar-refractivity contribution in [2.75, 3.05) is 48.9 Å². The summed E-state index contributed by atoms with van der Waals surface area (Å²) in [6.45, 7) is 5.28. The normalized spacial score (nSPS) is 23.8. The van der Waals surface area contributed by atoms with Crippen molar-refractivity contribution in [3.63, 3.8) is 0 Å². The molecule has 9 rings (SSSR count). The van der Waals surface area contributed by atoms with Gasteiger partial charge in [0.25, 0.3) is 11.8 Å². The minimum atomic E-state index is -0.639. The van der Waals surface area contributed by atoms with Crippen molar-refractivity contribution < 1.29 is 28.7 Å². The molecule has 66 heavy (non-hydrogen) atoms. The van der Waals surface area contributed by atoms with Crippen LogP contribution in [0.15, 0.2) is 42.6 Å². The van der Waals surface area contributed by atoms with Gasteiger partial charge in [0.2, 0.25) is 23.7 Å². The number of nitrogens with zero attached hydrogens (tertiary/aromatic N) is 6. The summed E-state index contributed by atoms with van der Waals surface area (Å²) in [5, 5.41) is 12.9. The summed E-state index contributed by atoms with van der Waals surface area (Å²) in [5.74, 6) is 7.38. The molecule has 0 radical (unpaired) electrons. The molecule has 2 aromatic carbocycles. The molecule has 2 aliphatic carbocycles. The van der Waals surface area contributed by atoms with Crippen LogP contribution in [0, 0.1) is 11.8 Å². The summed E-state index contributed by atoms with van der Waals surface area (Å²) < 4.78 is 5.75. The smallest absolute Gasteiger partial charge is 0.255 e. The fraction of sp³-hybridized carbons (Fsp3) is 0.540. The Kier molecular flexibility index (Phi) is 13.5. The first kappa shape index (κ1) is 45.1. The van der Waals surface area contributed by atoms with Crippen LogP contribution in [0.5, 0.6) is 5.75 Å². The number of nitrogens with one attached hydrogen (secondary N) is 4. The lowest BCUT2D eigenvalue weighted by Gasteiger charge is -2.43. The van der Waals surface area contributed by atoms with E-state index in [1.165, 1.54) is 0 Å². The van der Waals surface area contributed by atoms with Crippen molar-refractivity contribution in [1.29, 1.82) is 0 Å². The maximum atomic E-state index is 13.5. The largest absolute Gasteiger partial charge is 0.495 e. The summed E-state index contributed by atoms with van der Waals surface area (Å²) in [7, 11) is 3.38. The van der Waals surface area contributed by atoms with E-state index in [9.17, 15) is 24.0 Å². The average molecular weight is 899 g/mol. The van der Waals surface area contributed by atoms with Gasteiger partial charge in [0.1, 0.15) is 23.5 Å². The van der Waals surface area contributed by atoms with Crippen LogP contribution in [0.4, 0.5) is 23.1 Å². The summed E-state index contributed by atoms with van der Waals surface area (Å²) >= 11 is 0. The molecule has 3 aromatic rings. The minimum Gasteiger partial charge on any atom is -0.495 e. The molecule has 1 unspecified atom stereocenters. The number of amides is 5. The number of carbonyl (C=O) groups is 5. The van der Waals surface area contributed by atoms with Crippen molar-refractivity contribution in [2.45, 2.75) is 140 Å². The second-order valence-corrected chi connectivity index (χ2v) is 18.7. The van der Waals surface area contributed by atoms with Crippen LogP contribution in [-0.4, -0.2) is 119 Å². The maximum Gasteiger partial charge on any atom is 0.255 e. The summed E-state index contributed by atoms with van der Waals surface area (Å²) in [5.41, 5.74) is 4.14. The first-order valence-corrected chi connectivity index (χ1v) is 24.0. The number of hydrogen-bond donors (Lipinski definition) is 4. The highest BCUT2D eigenvalue weighted by Gasteiger charge is 2.42. The molecular formula is C50H62N10O6. The molecular weight excluding hydrogens is 837 g/mol. The molecule has 5 heterocycles. The number of methoxy groups -OCH3 is 1. The maximum absolute atomic E-state index is 13.5. The number of benzene rings is 2. The number of carbonyl (C=O) groups excluding carboxylic acids is 5. The van der Waals surface area contributed by atoms with Crippen molar-refractivity contribution in [3.8, 4) is 17.6 Å². The van der Waals surface area contributed by atoms with Gasteiger partial charge in [-0.25, -0.2) is 4.98 Å². The lowest BCUT2D eigenvalue weighted by molar-refractivity contribution is -0.137. The standard InChI is InChI=1S/C50H62N10O6/c1-4-40-49(65)57(2)42-29-51-50(56-45(42)60(40)36-12-5-6-13-36)54-39-20-15-32(28-43(39)66-3)46(62)53-34-18-16-33(17-19-34)52-35-23-26-58(27-24-35)25-8-7-10-31-11-9-14-37-38(31)30-59(48(37)64)41-21-22-44(61)55-47(41)63/h9,11,14-15,20,28-29,33-36,40-41,52H,4-6,8,12-13,16-19,21-27,30H2,1-3H3,(H,53,62)(H,51,54,56)(H,55,61,63)/t33-,34+,40-,41?/m1/s1. The van der Waals surface area contributed by atoms with Gasteiger partial charge in [-0.3, -0.25) is 29.3 Å². The van der Waals surface area contributed by atoms with Crippen molar-refractivity contribution in [2.24, 2.45) is 0 Å². The van der Waals surface area contributed by atoms with Crippen molar-refractivity contribution in [3.05, 3.63) is 64.8 Å². The van der Waals surface area contributed by atoms with E-state index in [1.807, 2.05) is 18.2 Å². The van der Waals surface area contributed by atoms with Crippen LogP contribution in [0.1, 0.15) is 129 Å². The molecule has 5 amide bonds. The van der Waals surface area contributed by atoms with Crippen LogP contribution < -0.4 is 35.8 Å². The molecule has 4 fully saturated rings. The fourth-order valence-electron chi connectivity index (χ4n) is 10.9. The lowest BCUT2D eigenvalue weighted by Crippen LogP contribution is -2.55. The van der Waals surface area contributed by atoms with Gasteiger partial charge in [-0.2, -0.15) is 4.98 Å². The van der Waals surface area contributed by atoms with Gasteiger partial charge in [0, 0.05) is 73.8 Å². The number of likely N-dealkylation sites (N-methyl/N-ethyl adjacent to an activating group) is 1. The van der Waals surface area contributed by atoms with Gasteiger partial charge in [-0.05, 0) is 113 Å². The molecule has 2 saturated heterocycles. The number of ether oxygens (including phenoxy) is 1. The van der Waals surface area contributed by atoms with E-state index in [-0.39, 0.29) is 48.2 Å². The number of fused-ring (bicyclic) bond motifs is 2. The average Bonchev–Trinajstić information content (AvgIpc) is 3.98. The summed E-state index contributed by atoms with van der Waals surface area (Å²) in [4.78, 5) is 81.6. The molecule has 4 aliphatic heterocycles. The molecule has 4 N–H and O–H groups in total. The number of anilines is 4. The van der Waals surface area contributed by atoms with E-state index < -0.39 is 11.9 Å². The van der Waals surface area contributed by atoms with Crippen LogP contribution >= 0.6 is 0 Å². The second kappa shape index (κ2) is 19.8. The molecule has 0 spiro atoms. The number of hydrogen-bond acceptors (Lipinski definition) is 12. The zero-order chi connectivity index (χ0) is 45.9. The van der Waals surface area contributed by atoms with Gasteiger partial charge in [-0.15, -0.1) is 0 Å². The quantitative estimate of drug-likeness (QED) is 0.141. The fourth-order valence-corrected chi connectivity index (χ4v) is 10.9. The first-order valence-electron chi connectivity index (χ1n) is 24.0. The van der Waals surface area contributed by atoms with Gasteiger partial charge >= 0.3 is 0 Å². The summed E-state index contributed by atoms with van der Waals surface area (Å²) in [6, 6.07) is 11.3. The van der Waals surface area contributed by atoms with E-state index in [0.717, 1.165) is 107 Å². The number of rotatable bonds is 12. The van der Waals surface area contributed by atoms with E-state index in [4.69, 9.17) is 9.72 Å². The second-order valence-electron chi connectivity index (χ2n) is 18.7. The van der Waals surface area contributed by atoms with Gasteiger partial charge < -0.3 is 40.3 Å². The molecule has 16 nitrogen and oxygen atoms in total. The molecule has 2 saturated carbocycles. The zero-order valence-electron chi connectivity index (χ0n) is 38.4. The molecule has 16 heteroatoms. The minimum absolute atomic E-state index is 0.0742. The third-order valence-corrected chi connectivity index (χ3v) is 14.6. The van der Waals surface area contributed by atoms with E-state index in [1.54, 1.807) is 48.4 Å². The predicted molar refractivity (Wildman–Crippen MR) is 251 cm³/mol. The Bertz CT molecular complexity index is 2410. The third-order valence-electron chi connectivity index (χ3n) is 14.6. The number of piperidine rings is 2. The van der Waals surface area contributed by atoms with Crippen LogP contribution in [0.25, 0.3) is 0 Å². The Morgan fingerprint density at radius 3 is 2.44 bits per heavy atom. The number of likely N-dealkylation sites (tertiary alicyclic amines) is 1. The first-order chi connectivity index (χ1) is 32.1. The Morgan fingerprint density at radius 2 is 1.70 bits per heavy atom. The van der Waals surface area contributed by atoms with E-state index >= 15 is 0 Å². The van der Waals surface area contributed by atoms with E-state index in [0.29, 0.717) is 65.7 Å². The van der Waals surface area contributed by atoms with Crippen LogP contribution in [0.3, 0.4) is 0 Å². The van der Waals surface area contributed by atoms with E-state index in [2.05, 4.69) is 54.8 Å². The molecule has 6 aliphatic rings. The zero-order valence-corrected chi connectivity index (χ0v) is 38.4. The predicted octanol–water partition coefficient (Wildman–Crippen LogP) is 5.03. The summed E-state index contributed by atoms with van der Waals surface area (Å²) in [6.07, 6.45) is 14.1. The lowest BCUT2D eigenvalue weighted by atomic mass is 9.89. The Labute approximate surface area is 387 Å². The Balaban J connectivity index is 0.712. The van der Waals surface area contributed by atoms with Gasteiger partial charge in [0.15, 0.2) is 5.82 Å². The van der Waals surface area contributed by atoms with Crippen molar-refractivity contribution >= 4 is 52.7 Å². The molecule has 2 atom stereocenters. The van der Waals surface area contributed by atoms with Gasteiger partial charge in [-0.1, -0.05) is 37.7 Å². The molecule has 348 valence electrons. The van der Waals surface area contributed by atoms with Crippen molar-refractivity contribution in [1.82, 2.24) is 35.7 Å². The highest BCUT2D eigenvalue weighted by molar-refractivity contribution is 6.06. The monoisotopic (exact) mass is 898 g/mol. The highest BCUT2D eigenvalue weighted by Crippen LogP contribution is 2.40. The Hall–Kier alpha value is -6.05. The van der Waals surface area contributed by atoms with Crippen LogP contribution in [-0.2, 0) is 20.9 Å². The number of aromatic nitrogens is 2.